The molecule has 212 valence electrons. The van der Waals surface area contributed by atoms with Gasteiger partial charge in [-0.25, -0.2) is 0 Å². The van der Waals surface area contributed by atoms with E-state index in [0.717, 1.165) is 38.7 Å². The summed E-state index contributed by atoms with van der Waals surface area (Å²) in [5, 5.41) is 6.39. The SMILES string of the molecule is CC(=O)N[C@]1(C(=O)NC(C)(C)C)C[C@H](CCB2OC(C)(C)C(C)(C)O2)CC[C@H]1CN(C)Cc1ccccc1. The van der Waals surface area contributed by atoms with Crippen LogP contribution in [-0.4, -0.2) is 59.7 Å². The summed E-state index contributed by atoms with van der Waals surface area (Å²) in [5.74, 6) is 0.0212. The summed E-state index contributed by atoms with van der Waals surface area (Å²) in [6, 6.07) is 10.4. The van der Waals surface area contributed by atoms with E-state index in [4.69, 9.17) is 9.31 Å². The summed E-state index contributed by atoms with van der Waals surface area (Å²) in [7, 11) is 1.84. The smallest absolute Gasteiger partial charge is 0.403 e. The molecule has 3 rings (SSSR count). The molecular formula is C30H50BN3O4. The molecule has 38 heavy (non-hydrogen) atoms. The van der Waals surface area contributed by atoms with Gasteiger partial charge in [-0.3, -0.25) is 9.59 Å². The zero-order valence-electron chi connectivity index (χ0n) is 25.1. The van der Waals surface area contributed by atoms with Gasteiger partial charge in [0.1, 0.15) is 5.54 Å². The predicted molar refractivity (Wildman–Crippen MR) is 154 cm³/mol. The van der Waals surface area contributed by atoms with Crippen LogP contribution in [0.5, 0.6) is 0 Å². The van der Waals surface area contributed by atoms with E-state index in [0.29, 0.717) is 6.42 Å². The quantitative estimate of drug-likeness (QED) is 0.451. The summed E-state index contributed by atoms with van der Waals surface area (Å²) in [6.07, 6.45) is 4.14. The molecule has 0 spiro atoms. The van der Waals surface area contributed by atoms with Gasteiger partial charge in [-0.2, -0.15) is 0 Å². The minimum absolute atomic E-state index is 0.00411. The number of hydrogen-bond acceptors (Lipinski definition) is 5. The molecule has 2 fully saturated rings. The summed E-state index contributed by atoms with van der Waals surface area (Å²) < 4.78 is 12.5. The number of carbonyl (C=O) groups is 2. The van der Waals surface area contributed by atoms with Gasteiger partial charge in [0.05, 0.1) is 11.2 Å². The molecule has 1 aromatic carbocycles. The third kappa shape index (κ3) is 7.61. The number of rotatable bonds is 9. The van der Waals surface area contributed by atoms with E-state index in [1.54, 1.807) is 0 Å². The van der Waals surface area contributed by atoms with Gasteiger partial charge in [-0.05, 0) is 92.6 Å². The fraction of sp³-hybridized carbons (Fsp3) is 0.733. The van der Waals surface area contributed by atoms with Crippen LogP contribution in [0, 0.1) is 11.8 Å². The van der Waals surface area contributed by atoms with Crippen LogP contribution in [0.4, 0.5) is 0 Å². The van der Waals surface area contributed by atoms with Crippen LogP contribution in [0.3, 0.4) is 0 Å². The van der Waals surface area contributed by atoms with Crippen molar-refractivity contribution in [1.29, 1.82) is 0 Å². The fourth-order valence-corrected chi connectivity index (χ4v) is 5.95. The lowest BCUT2D eigenvalue weighted by atomic mass is 9.64. The number of amides is 2. The van der Waals surface area contributed by atoms with Gasteiger partial charge in [-0.1, -0.05) is 36.8 Å². The minimum atomic E-state index is -0.969. The summed E-state index contributed by atoms with van der Waals surface area (Å²) in [5.41, 5.74) is -0.854. The van der Waals surface area contributed by atoms with Crippen LogP contribution < -0.4 is 10.6 Å². The summed E-state index contributed by atoms with van der Waals surface area (Å²) >= 11 is 0. The molecule has 2 amide bonds. The van der Waals surface area contributed by atoms with Crippen LogP contribution in [0.25, 0.3) is 0 Å². The maximum absolute atomic E-state index is 14.0. The number of carbonyl (C=O) groups excluding carboxylic acids is 2. The Bertz CT molecular complexity index is 946. The molecule has 1 aliphatic carbocycles. The Balaban J connectivity index is 1.80. The van der Waals surface area contributed by atoms with E-state index in [2.05, 4.69) is 62.4 Å². The van der Waals surface area contributed by atoms with Gasteiger partial charge >= 0.3 is 7.12 Å². The van der Waals surface area contributed by atoms with Crippen LogP contribution in [-0.2, 0) is 25.4 Å². The molecule has 7 nitrogen and oxygen atoms in total. The number of hydrogen-bond donors (Lipinski definition) is 2. The van der Waals surface area contributed by atoms with Gasteiger partial charge in [0.15, 0.2) is 0 Å². The number of nitrogens with zero attached hydrogens (tertiary/aromatic N) is 1. The lowest BCUT2D eigenvalue weighted by Gasteiger charge is -2.48. The Hall–Kier alpha value is -1.90. The average Bonchev–Trinajstić information content (AvgIpc) is 2.99. The molecule has 1 heterocycles. The standard InChI is InChI=1S/C30H50BN3O4/c1-22(35)32-30(26(36)33-27(2,3)4)19-23(17-18-31-37-28(5,6)29(7,8)38-31)15-16-25(30)21-34(9)20-24-13-11-10-12-14-24/h10-14,23,25H,15-21H2,1-9H3,(H,32,35)(H,33,36)/t23-,25-,30+/m0/s1. The van der Waals surface area contributed by atoms with Crippen molar-refractivity contribution in [2.45, 2.75) is 116 Å². The van der Waals surface area contributed by atoms with Crippen molar-refractivity contribution in [3.8, 4) is 0 Å². The first-order valence-electron chi connectivity index (χ1n) is 14.2. The molecular weight excluding hydrogens is 477 g/mol. The molecule has 0 aromatic heterocycles. The molecule has 1 aliphatic heterocycles. The maximum Gasteiger partial charge on any atom is 0.457 e. The molecule has 2 N–H and O–H groups in total. The Morgan fingerprint density at radius 2 is 1.66 bits per heavy atom. The zero-order chi connectivity index (χ0) is 28.4. The van der Waals surface area contributed by atoms with Gasteiger partial charge in [0.2, 0.25) is 11.8 Å². The lowest BCUT2D eigenvalue weighted by Crippen LogP contribution is -2.68. The fourth-order valence-electron chi connectivity index (χ4n) is 5.95. The normalized spacial score (nSPS) is 26.8. The first-order chi connectivity index (χ1) is 17.5. The largest absolute Gasteiger partial charge is 0.457 e. The van der Waals surface area contributed by atoms with E-state index in [1.165, 1.54) is 12.5 Å². The van der Waals surface area contributed by atoms with Crippen molar-refractivity contribution < 1.29 is 18.9 Å². The minimum Gasteiger partial charge on any atom is -0.403 e. The second-order valence-electron chi connectivity index (χ2n) is 13.6. The zero-order valence-corrected chi connectivity index (χ0v) is 25.1. The second kappa shape index (κ2) is 11.7. The van der Waals surface area contributed by atoms with Crippen LogP contribution in [0.1, 0.15) is 86.6 Å². The Labute approximate surface area is 230 Å². The number of nitrogens with one attached hydrogen (secondary N) is 2. The first kappa shape index (κ1) is 30.6. The van der Waals surface area contributed by atoms with Crippen molar-refractivity contribution in [2.75, 3.05) is 13.6 Å². The lowest BCUT2D eigenvalue weighted by molar-refractivity contribution is -0.140. The highest BCUT2D eigenvalue weighted by atomic mass is 16.7. The predicted octanol–water partition coefficient (Wildman–Crippen LogP) is 4.81. The van der Waals surface area contributed by atoms with E-state index < -0.39 is 11.1 Å². The van der Waals surface area contributed by atoms with Crippen molar-refractivity contribution in [3.05, 3.63) is 35.9 Å². The van der Waals surface area contributed by atoms with E-state index in [9.17, 15) is 9.59 Å². The molecule has 1 aromatic rings. The maximum atomic E-state index is 14.0. The molecule has 2 aliphatic rings. The Morgan fingerprint density at radius 1 is 1.05 bits per heavy atom. The molecule has 0 bridgehead atoms. The first-order valence-corrected chi connectivity index (χ1v) is 14.2. The van der Waals surface area contributed by atoms with Gasteiger partial charge in [-0.15, -0.1) is 0 Å². The summed E-state index contributed by atoms with van der Waals surface area (Å²) in [6.45, 7) is 17.3. The van der Waals surface area contributed by atoms with Gasteiger partial charge in [0.25, 0.3) is 0 Å². The van der Waals surface area contributed by atoms with Gasteiger partial charge in [0, 0.05) is 31.5 Å². The Kier molecular flexibility index (Phi) is 9.43. The Morgan fingerprint density at radius 3 is 2.21 bits per heavy atom. The van der Waals surface area contributed by atoms with E-state index in [-0.39, 0.29) is 42.0 Å². The molecule has 8 heteroatoms. The van der Waals surface area contributed by atoms with Crippen molar-refractivity contribution >= 4 is 18.9 Å². The molecule has 3 atom stereocenters. The highest BCUT2D eigenvalue weighted by molar-refractivity contribution is 6.45. The van der Waals surface area contributed by atoms with Crippen LogP contribution in [0.2, 0.25) is 6.32 Å². The highest BCUT2D eigenvalue weighted by Gasteiger charge is 2.53. The molecule has 0 unspecified atom stereocenters. The van der Waals surface area contributed by atoms with Crippen LogP contribution >= 0.6 is 0 Å². The van der Waals surface area contributed by atoms with Crippen LogP contribution in [0.15, 0.2) is 30.3 Å². The third-order valence-electron chi connectivity index (χ3n) is 8.46. The topological polar surface area (TPSA) is 79.9 Å². The summed E-state index contributed by atoms with van der Waals surface area (Å²) in [4.78, 5) is 28.9. The van der Waals surface area contributed by atoms with Crippen molar-refractivity contribution in [1.82, 2.24) is 15.5 Å². The monoisotopic (exact) mass is 527 g/mol. The third-order valence-corrected chi connectivity index (χ3v) is 8.46. The molecule has 1 saturated carbocycles. The average molecular weight is 528 g/mol. The second-order valence-corrected chi connectivity index (χ2v) is 13.6. The van der Waals surface area contributed by atoms with Crippen molar-refractivity contribution in [2.24, 2.45) is 11.8 Å². The van der Waals surface area contributed by atoms with E-state index in [1.807, 2.05) is 39.0 Å². The highest BCUT2D eigenvalue weighted by Crippen LogP contribution is 2.43. The van der Waals surface area contributed by atoms with Crippen molar-refractivity contribution in [3.63, 3.8) is 0 Å². The van der Waals surface area contributed by atoms with E-state index >= 15 is 0 Å². The van der Waals surface area contributed by atoms with Gasteiger partial charge < -0.3 is 24.8 Å². The molecule has 0 radical (unpaired) electrons. The number of benzene rings is 1. The molecule has 1 saturated heterocycles.